The van der Waals surface area contributed by atoms with Gasteiger partial charge in [0.25, 0.3) is 0 Å². The minimum absolute atomic E-state index is 0. The summed E-state index contributed by atoms with van der Waals surface area (Å²) in [4.78, 5) is 0. The Balaban J connectivity index is 0.00000182. The highest BCUT2D eigenvalue weighted by Crippen LogP contribution is 2.32. The molecule has 2 heterocycles. The number of hydrogen-bond acceptors (Lipinski definition) is 4. The average molecular weight is 362 g/mol. The van der Waals surface area contributed by atoms with Crippen molar-refractivity contribution in [3.8, 4) is 22.8 Å². The van der Waals surface area contributed by atoms with E-state index in [-0.39, 0.29) is 25.0 Å². The maximum Gasteiger partial charge on any atom is 0.231 e. The fourth-order valence-electron chi connectivity index (χ4n) is 2.70. The van der Waals surface area contributed by atoms with E-state index < -0.39 is 0 Å². The molecule has 25 heavy (non-hydrogen) atoms. The van der Waals surface area contributed by atoms with Crippen molar-refractivity contribution in [1.82, 2.24) is 15.5 Å². The molecular weight excluding hydrogens is 345 g/mol. The van der Waals surface area contributed by atoms with E-state index in [0.717, 1.165) is 33.9 Å². The first-order valence-corrected chi connectivity index (χ1v) is 7.67. The lowest BCUT2D eigenvalue weighted by molar-refractivity contribution is 0.174. The number of hydrogen-bond donors (Lipinski definition) is 2. The number of nitrogens with zero attached hydrogens (tertiary/aromatic N) is 1. The van der Waals surface area contributed by atoms with Crippen LogP contribution in [0.5, 0.6) is 11.5 Å². The first kappa shape index (κ1) is 17.3. The van der Waals surface area contributed by atoms with Crippen LogP contribution in [0.15, 0.2) is 48.7 Å². The second-order valence-corrected chi connectivity index (χ2v) is 5.57. The predicted molar refractivity (Wildman–Crippen MR) is 94.3 cm³/mol. The van der Waals surface area contributed by atoms with Crippen molar-refractivity contribution in [2.24, 2.45) is 0 Å². The monoisotopic (exact) mass is 361 g/mol. The first-order chi connectivity index (χ1) is 11.8. The van der Waals surface area contributed by atoms with Crippen LogP contribution < -0.4 is 14.8 Å². The number of aromatic amines is 1. The van der Waals surface area contributed by atoms with Gasteiger partial charge in [-0.15, -0.1) is 12.4 Å². The number of halogens is 2. The normalized spacial score (nSPS) is 12.0. The van der Waals surface area contributed by atoms with Gasteiger partial charge in [0.05, 0.1) is 11.9 Å². The molecule has 2 N–H and O–H groups in total. The summed E-state index contributed by atoms with van der Waals surface area (Å²) in [5, 5.41) is 10.5. The highest BCUT2D eigenvalue weighted by molar-refractivity contribution is 5.85. The maximum absolute atomic E-state index is 13.1. The molecule has 0 amide bonds. The Bertz CT molecular complexity index is 852. The van der Waals surface area contributed by atoms with Gasteiger partial charge >= 0.3 is 0 Å². The van der Waals surface area contributed by atoms with Crippen molar-refractivity contribution in [3.63, 3.8) is 0 Å². The number of aromatic nitrogens is 2. The van der Waals surface area contributed by atoms with Gasteiger partial charge in [0.2, 0.25) is 6.79 Å². The largest absolute Gasteiger partial charge is 0.454 e. The number of benzene rings is 2. The number of rotatable bonds is 5. The van der Waals surface area contributed by atoms with Crippen LogP contribution in [0.3, 0.4) is 0 Å². The van der Waals surface area contributed by atoms with E-state index in [4.69, 9.17) is 9.47 Å². The molecule has 2 aromatic carbocycles. The summed E-state index contributed by atoms with van der Waals surface area (Å²) < 4.78 is 23.7. The fraction of sp³-hybridized carbons (Fsp3) is 0.167. The second kappa shape index (κ2) is 7.55. The summed E-state index contributed by atoms with van der Waals surface area (Å²) in [7, 11) is 0. The third kappa shape index (κ3) is 3.75. The molecule has 1 aromatic heterocycles. The number of H-pyrrole nitrogens is 1. The van der Waals surface area contributed by atoms with E-state index in [1.54, 1.807) is 18.3 Å². The molecule has 7 heteroatoms. The third-order valence-electron chi connectivity index (χ3n) is 3.93. The van der Waals surface area contributed by atoms with Gasteiger partial charge in [0.15, 0.2) is 11.5 Å². The molecule has 0 saturated heterocycles. The molecule has 4 rings (SSSR count). The van der Waals surface area contributed by atoms with Crippen LogP contribution in [0.25, 0.3) is 11.3 Å². The zero-order valence-electron chi connectivity index (χ0n) is 13.3. The molecule has 0 saturated carbocycles. The van der Waals surface area contributed by atoms with E-state index >= 15 is 0 Å². The summed E-state index contributed by atoms with van der Waals surface area (Å²) in [5.41, 5.74) is 3.95. The molecule has 130 valence electrons. The lowest BCUT2D eigenvalue weighted by atomic mass is 10.1. The minimum atomic E-state index is -0.249. The van der Waals surface area contributed by atoms with Gasteiger partial charge in [0.1, 0.15) is 5.82 Å². The average Bonchev–Trinajstić information content (AvgIpc) is 3.24. The van der Waals surface area contributed by atoms with Crippen molar-refractivity contribution in [3.05, 3.63) is 65.6 Å². The SMILES string of the molecule is Cl.Fc1ccc(-c2[nH]ncc2CNCc2ccc3c(c2)OCO3)cc1. The van der Waals surface area contributed by atoms with E-state index in [1.807, 2.05) is 18.2 Å². The molecule has 0 unspecified atom stereocenters. The molecular formula is C18H17ClFN3O2. The molecule has 1 aliphatic heterocycles. The first-order valence-electron chi connectivity index (χ1n) is 7.67. The molecule has 5 nitrogen and oxygen atoms in total. The Labute approximate surface area is 150 Å². The van der Waals surface area contributed by atoms with Gasteiger partial charge in [-0.2, -0.15) is 5.10 Å². The van der Waals surface area contributed by atoms with E-state index in [2.05, 4.69) is 15.5 Å². The molecule has 0 bridgehead atoms. The number of nitrogens with one attached hydrogen (secondary N) is 2. The van der Waals surface area contributed by atoms with Crippen molar-refractivity contribution in [2.75, 3.05) is 6.79 Å². The van der Waals surface area contributed by atoms with Crippen LogP contribution in [0.2, 0.25) is 0 Å². The van der Waals surface area contributed by atoms with Crippen molar-refractivity contribution < 1.29 is 13.9 Å². The molecule has 0 atom stereocenters. The molecule has 0 radical (unpaired) electrons. The van der Waals surface area contributed by atoms with Gasteiger partial charge in [-0.3, -0.25) is 5.10 Å². The van der Waals surface area contributed by atoms with Crippen molar-refractivity contribution in [2.45, 2.75) is 13.1 Å². The van der Waals surface area contributed by atoms with Gasteiger partial charge in [0, 0.05) is 24.2 Å². The topological polar surface area (TPSA) is 59.2 Å². The quantitative estimate of drug-likeness (QED) is 0.728. The summed E-state index contributed by atoms with van der Waals surface area (Å²) in [6.07, 6.45) is 1.78. The van der Waals surface area contributed by atoms with Crippen LogP contribution in [0.4, 0.5) is 4.39 Å². The number of ether oxygens (including phenoxy) is 2. The zero-order valence-corrected chi connectivity index (χ0v) is 14.1. The lowest BCUT2D eigenvalue weighted by Crippen LogP contribution is -2.12. The Morgan fingerprint density at radius 1 is 1.04 bits per heavy atom. The van der Waals surface area contributed by atoms with Crippen LogP contribution in [-0.2, 0) is 13.1 Å². The van der Waals surface area contributed by atoms with Gasteiger partial charge in [-0.1, -0.05) is 6.07 Å². The Morgan fingerprint density at radius 3 is 2.68 bits per heavy atom. The number of fused-ring (bicyclic) bond motifs is 1. The lowest BCUT2D eigenvalue weighted by Gasteiger charge is -2.07. The fourth-order valence-corrected chi connectivity index (χ4v) is 2.70. The third-order valence-corrected chi connectivity index (χ3v) is 3.93. The smallest absolute Gasteiger partial charge is 0.231 e. The molecule has 0 spiro atoms. The van der Waals surface area contributed by atoms with E-state index in [1.165, 1.54) is 12.1 Å². The summed E-state index contributed by atoms with van der Waals surface area (Å²) in [5.74, 6) is 1.32. The van der Waals surface area contributed by atoms with Crippen LogP contribution >= 0.6 is 12.4 Å². The summed E-state index contributed by atoms with van der Waals surface area (Å²) >= 11 is 0. The summed E-state index contributed by atoms with van der Waals surface area (Å²) in [6.45, 7) is 1.63. The van der Waals surface area contributed by atoms with Gasteiger partial charge < -0.3 is 14.8 Å². The van der Waals surface area contributed by atoms with Crippen LogP contribution in [-0.4, -0.2) is 17.0 Å². The Hall–Kier alpha value is -2.57. The van der Waals surface area contributed by atoms with Gasteiger partial charge in [-0.25, -0.2) is 4.39 Å². The van der Waals surface area contributed by atoms with E-state index in [0.29, 0.717) is 13.1 Å². The molecule has 1 aliphatic rings. The minimum Gasteiger partial charge on any atom is -0.454 e. The maximum atomic E-state index is 13.1. The van der Waals surface area contributed by atoms with Crippen molar-refractivity contribution >= 4 is 12.4 Å². The Kier molecular flexibility index (Phi) is 5.21. The standard InChI is InChI=1S/C18H16FN3O2.ClH/c19-15-4-2-13(3-5-15)18-14(10-21-22-18)9-20-8-12-1-6-16-17(7-12)24-11-23-16;/h1-7,10,20H,8-9,11H2,(H,21,22);1H. The molecule has 3 aromatic rings. The van der Waals surface area contributed by atoms with Crippen LogP contribution in [0.1, 0.15) is 11.1 Å². The highest BCUT2D eigenvalue weighted by Gasteiger charge is 2.13. The van der Waals surface area contributed by atoms with Gasteiger partial charge in [-0.05, 0) is 42.0 Å². The van der Waals surface area contributed by atoms with Crippen LogP contribution in [0, 0.1) is 5.82 Å². The Morgan fingerprint density at radius 2 is 1.84 bits per heavy atom. The second-order valence-electron chi connectivity index (χ2n) is 5.57. The highest BCUT2D eigenvalue weighted by atomic mass is 35.5. The van der Waals surface area contributed by atoms with Crippen molar-refractivity contribution in [1.29, 1.82) is 0 Å². The molecule has 0 aliphatic carbocycles. The predicted octanol–water partition coefficient (Wildman–Crippen LogP) is 3.66. The summed E-state index contributed by atoms with van der Waals surface area (Å²) in [6, 6.07) is 12.3. The molecule has 0 fully saturated rings. The van der Waals surface area contributed by atoms with E-state index in [9.17, 15) is 4.39 Å². The zero-order chi connectivity index (χ0) is 16.4.